The molecule has 0 aliphatic heterocycles. The number of aliphatic hydroxyl groups excluding tert-OH is 1. The van der Waals surface area contributed by atoms with Gasteiger partial charge in [-0.1, -0.05) is 30.3 Å². The maximum Gasteiger partial charge on any atom is 0.327 e. The molecule has 2 aromatic carbocycles. The Hall–Kier alpha value is -1.91. The third-order valence-electron chi connectivity index (χ3n) is 3.05. The van der Waals surface area contributed by atoms with Crippen LogP contribution in [0.2, 0.25) is 0 Å². The van der Waals surface area contributed by atoms with Gasteiger partial charge in [-0.2, -0.15) is 0 Å². The van der Waals surface area contributed by atoms with Crippen molar-refractivity contribution in [1.82, 2.24) is 0 Å². The Morgan fingerprint density at radius 2 is 1.89 bits per heavy atom. The summed E-state index contributed by atoms with van der Waals surface area (Å²) in [5.41, 5.74) is 3.70. The largest absolute Gasteiger partial charge is 0.450 e. The highest BCUT2D eigenvalue weighted by Gasteiger charge is 2.07. The number of hydrogen-bond acceptors (Lipinski definition) is 3. The van der Waals surface area contributed by atoms with E-state index in [1.165, 1.54) is 6.92 Å². The highest BCUT2D eigenvalue weighted by Crippen LogP contribution is 2.21. The van der Waals surface area contributed by atoms with Crippen LogP contribution in [0.25, 0.3) is 11.1 Å². The van der Waals surface area contributed by atoms with Gasteiger partial charge in [-0.25, -0.2) is 0 Å². The molecule has 0 amide bonds. The lowest BCUT2D eigenvalue weighted by atomic mass is 9.83. The van der Waals surface area contributed by atoms with Gasteiger partial charge in [0.1, 0.15) is 0 Å². The molecule has 1 radical (unpaired) electrons. The average Bonchev–Trinajstić information content (AvgIpc) is 2.46. The van der Waals surface area contributed by atoms with E-state index < -0.39 is 0 Å². The SMILES string of the molecule is CC(=O)c1cccc(-c2ccc([B]O)c(CO)c2)c1. The van der Waals surface area contributed by atoms with E-state index >= 15 is 0 Å². The molecule has 2 rings (SSSR count). The average molecular weight is 253 g/mol. The minimum atomic E-state index is -0.146. The van der Waals surface area contributed by atoms with Crippen molar-refractivity contribution in [3.05, 3.63) is 53.6 Å². The summed E-state index contributed by atoms with van der Waals surface area (Å²) in [6.07, 6.45) is 0. The summed E-state index contributed by atoms with van der Waals surface area (Å²) in [6.45, 7) is 1.38. The summed E-state index contributed by atoms with van der Waals surface area (Å²) >= 11 is 0. The fourth-order valence-corrected chi connectivity index (χ4v) is 1.97. The molecule has 95 valence electrons. The number of carbonyl (C=O) groups is 1. The van der Waals surface area contributed by atoms with Gasteiger partial charge >= 0.3 is 7.48 Å². The summed E-state index contributed by atoms with van der Waals surface area (Å²) in [6, 6.07) is 12.7. The Balaban J connectivity index is 2.47. The number of carbonyl (C=O) groups excluding carboxylic acids is 1. The molecule has 0 heterocycles. The van der Waals surface area contributed by atoms with Crippen LogP contribution >= 0.6 is 0 Å². The summed E-state index contributed by atoms with van der Waals surface area (Å²) < 4.78 is 0. The molecule has 2 aromatic rings. The van der Waals surface area contributed by atoms with E-state index in [4.69, 9.17) is 5.02 Å². The molecule has 0 spiro atoms. The van der Waals surface area contributed by atoms with Crippen LogP contribution in [-0.4, -0.2) is 23.4 Å². The molecule has 0 aliphatic rings. The maximum atomic E-state index is 11.4. The molecule has 0 aliphatic carbocycles. The van der Waals surface area contributed by atoms with Crippen molar-refractivity contribution in [3.63, 3.8) is 0 Å². The monoisotopic (exact) mass is 253 g/mol. The Bertz CT molecular complexity index is 608. The van der Waals surface area contributed by atoms with Crippen molar-refractivity contribution >= 4 is 18.7 Å². The molecule has 0 atom stereocenters. The molecular weight excluding hydrogens is 239 g/mol. The molecule has 4 heteroatoms. The van der Waals surface area contributed by atoms with Gasteiger partial charge < -0.3 is 10.1 Å². The third kappa shape index (κ3) is 2.92. The first-order valence-corrected chi connectivity index (χ1v) is 5.98. The van der Waals surface area contributed by atoms with Gasteiger partial charge in [-0.05, 0) is 41.2 Å². The van der Waals surface area contributed by atoms with E-state index in [9.17, 15) is 9.90 Å². The number of aliphatic hydroxyl groups is 1. The van der Waals surface area contributed by atoms with Gasteiger partial charge in [-0.3, -0.25) is 4.79 Å². The minimum absolute atomic E-state index is 0.0181. The van der Waals surface area contributed by atoms with Gasteiger partial charge in [0.25, 0.3) is 0 Å². The quantitative estimate of drug-likeness (QED) is 0.637. The van der Waals surface area contributed by atoms with E-state index in [0.29, 0.717) is 16.6 Å². The van der Waals surface area contributed by atoms with Crippen LogP contribution in [0.3, 0.4) is 0 Å². The van der Waals surface area contributed by atoms with Crippen LogP contribution in [0.15, 0.2) is 42.5 Å². The van der Waals surface area contributed by atoms with Gasteiger partial charge in [0.2, 0.25) is 0 Å². The van der Waals surface area contributed by atoms with Crippen molar-refractivity contribution in [1.29, 1.82) is 0 Å². The number of rotatable bonds is 4. The molecule has 2 N–H and O–H groups in total. The Labute approximate surface area is 112 Å². The summed E-state index contributed by atoms with van der Waals surface area (Å²) in [7, 11) is 0.974. The molecule has 0 saturated heterocycles. The lowest BCUT2D eigenvalue weighted by Crippen LogP contribution is -2.18. The molecule has 0 aromatic heterocycles. The van der Waals surface area contributed by atoms with E-state index in [-0.39, 0.29) is 12.4 Å². The summed E-state index contributed by atoms with van der Waals surface area (Å²) in [5, 5.41) is 18.3. The molecule has 0 fully saturated rings. The van der Waals surface area contributed by atoms with Crippen molar-refractivity contribution in [3.8, 4) is 11.1 Å². The van der Waals surface area contributed by atoms with Crippen LogP contribution in [0.4, 0.5) is 0 Å². The van der Waals surface area contributed by atoms with Gasteiger partial charge in [0.15, 0.2) is 5.78 Å². The van der Waals surface area contributed by atoms with Crippen LogP contribution in [0.5, 0.6) is 0 Å². The fourth-order valence-electron chi connectivity index (χ4n) is 1.97. The zero-order valence-electron chi connectivity index (χ0n) is 10.6. The highest BCUT2D eigenvalue weighted by molar-refractivity contribution is 6.46. The fraction of sp³-hybridized carbons (Fsp3) is 0.133. The van der Waals surface area contributed by atoms with Crippen molar-refractivity contribution in [2.24, 2.45) is 0 Å². The first-order chi connectivity index (χ1) is 9.15. The summed E-state index contributed by atoms with van der Waals surface area (Å²) in [4.78, 5) is 11.4. The van der Waals surface area contributed by atoms with Crippen molar-refractivity contribution in [2.45, 2.75) is 13.5 Å². The second-order valence-corrected chi connectivity index (χ2v) is 4.34. The Morgan fingerprint density at radius 3 is 2.53 bits per heavy atom. The zero-order valence-corrected chi connectivity index (χ0v) is 10.6. The highest BCUT2D eigenvalue weighted by atomic mass is 16.3. The smallest absolute Gasteiger partial charge is 0.327 e. The second-order valence-electron chi connectivity index (χ2n) is 4.34. The van der Waals surface area contributed by atoms with Gasteiger partial charge in [-0.15, -0.1) is 0 Å². The number of Topliss-reactive ketones (excluding diaryl/α,β-unsaturated/α-hetero) is 1. The summed E-state index contributed by atoms with van der Waals surface area (Å²) in [5.74, 6) is 0.0181. The van der Waals surface area contributed by atoms with E-state index in [2.05, 4.69) is 0 Å². The molecule has 0 saturated carbocycles. The lowest BCUT2D eigenvalue weighted by Gasteiger charge is -2.08. The minimum Gasteiger partial charge on any atom is -0.450 e. The Kier molecular flexibility index (Phi) is 4.15. The number of ketones is 1. The Morgan fingerprint density at radius 1 is 1.16 bits per heavy atom. The van der Waals surface area contributed by atoms with E-state index in [1.54, 1.807) is 18.2 Å². The second kappa shape index (κ2) is 5.82. The lowest BCUT2D eigenvalue weighted by molar-refractivity contribution is 0.101. The third-order valence-corrected chi connectivity index (χ3v) is 3.05. The van der Waals surface area contributed by atoms with Crippen LogP contribution in [-0.2, 0) is 6.61 Å². The van der Waals surface area contributed by atoms with Crippen LogP contribution in [0, 0.1) is 0 Å². The number of hydrogen-bond donors (Lipinski definition) is 2. The van der Waals surface area contributed by atoms with Crippen molar-refractivity contribution < 1.29 is 14.9 Å². The predicted molar refractivity (Wildman–Crippen MR) is 75.4 cm³/mol. The van der Waals surface area contributed by atoms with E-state index in [0.717, 1.165) is 18.6 Å². The predicted octanol–water partition coefficient (Wildman–Crippen LogP) is 1.29. The molecule has 0 bridgehead atoms. The van der Waals surface area contributed by atoms with E-state index in [1.807, 2.05) is 24.3 Å². The molecule has 19 heavy (non-hydrogen) atoms. The topological polar surface area (TPSA) is 57.5 Å². The maximum absolute atomic E-state index is 11.4. The standard InChI is InChI=1S/C15H14BO3/c1-10(18)11-3-2-4-12(7-11)13-5-6-15(16-19)14(8-13)9-17/h2-8,17,19H,9H2,1H3. The molecular formula is C15H14BO3. The zero-order chi connectivity index (χ0) is 13.8. The molecule has 0 unspecified atom stereocenters. The van der Waals surface area contributed by atoms with Crippen molar-refractivity contribution in [2.75, 3.05) is 0 Å². The number of benzene rings is 2. The van der Waals surface area contributed by atoms with Gasteiger partial charge in [0, 0.05) is 5.56 Å². The molecule has 3 nitrogen and oxygen atoms in total. The first kappa shape index (κ1) is 13.5. The van der Waals surface area contributed by atoms with Crippen LogP contribution < -0.4 is 5.46 Å². The first-order valence-electron chi connectivity index (χ1n) is 5.98. The van der Waals surface area contributed by atoms with Gasteiger partial charge in [0.05, 0.1) is 6.61 Å². The normalized spacial score (nSPS) is 10.3. The van der Waals surface area contributed by atoms with Crippen LogP contribution in [0.1, 0.15) is 22.8 Å².